The minimum absolute atomic E-state index is 0.192. The summed E-state index contributed by atoms with van der Waals surface area (Å²) in [4.78, 5) is 24.5. The van der Waals surface area contributed by atoms with Gasteiger partial charge in [0.05, 0.1) is 5.56 Å². The molecule has 1 aliphatic rings. The molecule has 25 heavy (non-hydrogen) atoms. The third kappa shape index (κ3) is 5.64. The lowest BCUT2D eigenvalue weighted by Gasteiger charge is -2.22. The quantitative estimate of drug-likeness (QED) is 0.465. The van der Waals surface area contributed by atoms with Gasteiger partial charge in [0.15, 0.2) is 6.61 Å². The number of carbonyl (C=O) groups is 2. The molecule has 4 nitrogen and oxygen atoms in total. The van der Waals surface area contributed by atoms with E-state index in [0.29, 0.717) is 18.4 Å². The van der Waals surface area contributed by atoms with Crippen LogP contribution >= 0.6 is 0 Å². The Morgan fingerprint density at radius 3 is 2.04 bits per heavy atom. The molecule has 1 aliphatic carbocycles. The molecule has 1 amide bonds. The van der Waals surface area contributed by atoms with Gasteiger partial charge in [-0.25, -0.2) is 4.79 Å². The van der Waals surface area contributed by atoms with Gasteiger partial charge in [0.2, 0.25) is 0 Å². The summed E-state index contributed by atoms with van der Waals surface area (Å²) in [6.45, 7) is -2.07. The monoisotopic (exact) mass is 369 g/mol. The van der Waals surface area contributed by atoms with Crippen LogP contribution in [0.15, 0.2) is 24.3 Å². The van der Waals surface area contributed by atoms with Crippen molar-refractivity contribution in [3.05, 3.63) is 35.4 Å². The maximum Gasteiger partial charge on any atom is 0.422 e. The van der Waals surface area contributed by atoms with Gasteiger partial charge < -0.3 is 9.64 Å². The Morgan fingerprint density at radius 2 is 1.60 bits per heavy atom. The summed E-state index contributed by atoms with van der Waals surface area (Å²) < 4.78 is 77.6. The number of carbonyl (C=O) groups excluding carboxylic acids is 2. The van der Waals surface area contributed by atoms with E-state index in [-0.39, 0.29) is 12.6 Å². The van der Waals surface area contributed by atoms with E-state index in [1.807, 2.05) is 0 Å². The number of nitrogens with zero attached hydrogens (tertiary/aromatic N) is 1. The molecule has 0 atom stereocenters. The van der Waals surface area contributed by atoms with Crippen LogP contribution < -0.4 is 0 Å². The van der Waals surface area contributed by atoms with Crippen molar-refractivity contribution in [1.82, 2.24) is 4.90 Å². The van der Waals surface area contributed by atoms with Gasteiger partial charge in [-0.2, -0.15) is 26.3 Å². The topological polar surface area (TPSA) is 46.6 Å². The second-order valence-electron chi connectivity index (χ2n) is 5.55. The smallest absolute Gasteiger partial charge is 0.422 e. The van der Waals surface area contributed by atoms with Crippen molar-refractivity contribution in [1.29, 1.82) is 0 Å². The number of benzene rings is 1. The van der Waals surface area contributed by atoms with Crippen LogP contribution in [0.2, 0.25) is 0 Å². The van der Waals surface area contributed by atoms with Crippen molar-refractivity contribution in [2.75, 3.05) is 6.61 Å². The summed E-state index contributed by atoms with van der Waals surface area (Å²) in [5.74, 6) is -2.89. The molecule has 1 fully saturated rings. The largest absolute Gasteiger partial charge is 0.449 e. The molecule has 0 aliphatic heterocycles. The molecule has 10 heteroatoms. The molecule has 0 radical (unpaired) electrons. The van der Waals surface area contributed by atoms with E-state index < -0.39 is 36.4 Å². The van der Waals surface area contributed by atoms with E-state index in [4.69, 9.17) is 0 Å². The summed E-state index contributed by atoms with van der Waals surface area (Å²) in [5.41, 5.74) is -0.554. The second kappa shape index (κ2) is 6.93. The average molecular weight is 369 g/mol. The van der Waals surface area contributed by atoms with Gasteiger partial charge >= 0.3 is 24.2 Å². The first-order valence-corrected chi connectivity index (χ1v) is 7.18. The molecule has 0 unspecified atom stereocenters. The zero-order valence-electron chi connectivity index (χ0n) is 12.7. The second-order valence-corrected chi connectivity index (χ2v) is 5.55. The summed E-state index contributed by atoms with van der Waals surface area (Å²) in [6, 6.07) is 3.60. The number of esters is 1. The van der Waals surface area contributed by atoms with Crippen molar-refractivity contribution < 1.29 is 40.7 Å². The highest BCUT2D eigenvalue weighted by atomic mass is 19.4. The standard InChI is InChI=1S/C15H13F6NO3/c16-14(17,18)8-25-13(24)12(23)22(11-5-6-11)7-9-1-3-10(4-2-9)15(19,20)21/h1-4,11H,5-8H2. The average Bonchev–Trinajstić information content (AvgIpc) is 3.33. The molecule has 0 saturated heterocycles. The maximum absolute atomic E-state index is 12.5. The van der Waals surface area contributed by atoms with Crippen molar-refractivity contribution in [2.24, 2.45) is 0 Å². The molecular formula is C15H13F6NO3. The first-order chi connectivity index (χ1) is 11.5. The number of alkyl halides is 6. The molecule has 0 heterocycles. The number of ether oxygens (including phenoxy) is 1. The summed E-state index contributed by atoms with van der Waals surface area (Å²) >= 11 is 0. The third-order valence-electron chi connectivity index (χ3n) is 3.42. The third-order valence-corrected chi connectivity index (χ3v) is 3.42. The van der Waals surface area contributed by atoms with Gasteiger partial charge in [-0.1, -0.05) is 12.1 Å². The van der Waals surface area contributed by atoms with Crippen molar-refractivity contribution in [3.63, 3.8) is 0 Å². The van der Waals surface area contributed by atoms with E-state index in [2.05, 4.69) is 4.74 Å². The van der Waals surface area contributed by atoms with E-state index in [1.54, 1.807) is 0 Å². The summed E-state index contributed by atoms with van der Waals surface area (Å²) in [5, 5.41) is 0. The highest BCUT2D eigenvalue weighted by Gasteiger charge is 2.38. The fourth-order valence-electron chi connectivity index (χ4n) is 2.08. The number of amides is 1. The Kier molecular flexibility index (Phi) is 5.28. The van der Waals surface area contributed by atoms with Crippen LogP contribution in [0.25, 0.3) is 0 Å². The van der Waals surface area contributed by atoms with Gasteiger partial charge in [-0.05, 0) is 30.5 Å². The van der Waals surface area contributed by atoms with Crippen molar-refractivity contribution in [2.45, 2.75) is 37.8 Å². The molecule has 0 aromatic heterocycles. The zero-order valence-corrected chi connectivity index (χ0v) is 12.7. The van der Waals surface area contributed by atoms with Crippen LogP contribution in [0.5, 0.6) is 0 Å². The van der Waals surface area contributed by atoms with Gasteiger partial charge in [0.1, 0.15) is 0 Å². The van der Waals surface area contributed by atoms with E-state index in [9.17, 15) is 35.9 Å². The molecule has 0 N–H and O–H groups in total. The van der Waals surface area contributed by atoms with Crippen molar-refractivity contribution >= 4 is 11.9 Å². The number of hydrogen-bond donors (Lipinski definition) is 0. The van der Waals surface area contributed by atoms with E-state index in [1.165, 1.54) is 0 Å². The Morgan fingerprint density at radius 1 is 1.04 bits per heavy atom. The molecule has 1 aromatic rings. The minimum Gasteiger partial charge on any atom is -0.449 e. The van der Waals surface area contributed by atoms with Gasteiger partial charge in [-0.15, -0.1) is 0 Å². The lowest BCUT2D eigenvalue weighted by atomic mass is 10.1. The molecule has 2 rings (SSSR count). The highest BCUT2D eigenvalue weighted by molar-refractivity contribution is 6.32. The number of halogens is 6. The van der Waals surface area contributed by atoms with E-state index in [0.717, 1.165) is 29.2 Å². The molecular weight excluding hydrogens is 356 g/mol. The van der Waals surface area contributed by atoms with E-state index >= 15 is 0 Å². The number of hydrogen-bond acceptors (Lipinski definition) is 3. The van der Waals surface area contributed by atoms with Crippen LogP contribution in [-0.2, 0) is 27.0 Å². The van der Waals surface area contributed by atoms with Gasteiger partial charge in [-0.3, -0.25) is 4.79 Å². The molecule has 0 bridgehead atoms. The Hall–Kier alpha value is -2.26. The predicted molar refractivity (Wildman–Crippen MR) is 72.0 cm³/mol. The lowest BCUT2D eigenvalue weighted by molar-refractivity contribution is -0.189. The van der Waals surface area contributed by atoms with Crippen LogP contribution in [0.1, 0.15) is 24.0 Å². The Bertz CT molecular complexity index is 634. The molecule has 138 valence electrons. The fraction of sp³-hybridized carbons (Fsp3) is 0.467. The highest BCUT2D eigenvalue weighted by Crippen LogP contribution is 2.31. The zero-order chi connectivity index (χ0) is 18.8. The Balaban J connectivity index is 2.03. The number of rotatable bonds is 4. The SMILES string of the molecule is O=C(OCC(F)(F)F)C(=O)N(Cc1ccc(C(F)(F)F)cc1)C1CC1. The predicted octanol–water partition coefficient (Wildman–Crippen LogP) is 3.30. The molecule has 0 spiro atoms. The molecule has 1 saturated carbocycles. The van der Waals surface area contributed by atoms with Crippen LogP contribution in [-0.4, -0.2) is 35.6 Å². The fourth-order valence-corrected chi connectivity index (χ4v) is 2.08. The minimum atomic E-state index is -4.76. The van der Waals surface area contributed by atoms with Crippen molar-refractivity contribution in [3.8, 4) is 0 Å². The Labute approximate surface area is 138 Å². The van der Waals surface area contributed by atoms with Crippen LogP contribution in [0, 0.1) is 0 Å². The first-order valence-electron chi connectivity index (χ1n) is 7.18. The van der Waals surface area contributed by atoms with Crippen LogP contribution in [0.4, 0.5) is 26.3 Å². The van der Waals surface area contributed by atoms with Gasteiger partial charge in [0, 0.05) is 12.6 Å². The maximum atomic E-state index is 12.5. The summed E-state index contributed by atoms with van der Waals surface area (Å²) in [7, 11) is 0. The molecule has 1 aromatic carbocycles. The van der Waals surface area contributed by atoms with Crippen LogP contribution in [0.3, 0.4) is 0 Å². The normalized spacial score (nSPS) is 15.0. The summed E-state index contributed by atoms with van der Waals surface area (Å²) in [6.07, 6.45) is -8.16. The van der Waals surface area contributed by atoms with Gasteiger partial charge in [0.25, 0.3) is 0 Å². The lowest BCUT2D eigenvalue weighted by Crippen LogP contribution is -2.39. The first kappa shape index (κ1) is 19.1.